The first-order chi connectivity index (χ1) is 11.4. The van der Waals surface area contributed by atoms with Crippen molar-refractivity contribution in [1.29, 1.82) is 0 Å². The van der Waals surface area contributed by atoms with E-state index in [1.807, 2.05) is 25.1 Å². The molecule has 0 bridgehead atoms. The number of benzene rings is 1. The Kier molecular flexibility index (Phi) is 5.25. The fourth-order valence-electron chi connectivity index (χ4n) is 3.51. The lowest BCUT2D eigenvalue weighted by molar-refractivity contribution is -0.127. The van der Waals surface area contributed by atoms with Gasteiger partial charge < -0.3 is 15.5 Å². The minimum atomic E-state index is -0.258. The number of nitrogens with zero attached hydrogens (tertiary/aromatic N) is 1. The van der Waals surface area contributed by atoms with Crippen LogP contribution < -0.4 is 15.5 Å². The number of nitrogens with one attached hydrogen (secondary N) is 2. The van der Waals surface area contributed by atoms with E-state index in [1.165, 1.54) is 0 Å². The van der Waals surface area contributed by atoms with Gasteiger partial charge in [0.2, 0.25) is 11.8 Å². The van der Waals surface area contributed by atoms with Gasteiger partial charge in [0.25, 0.3) is 0 Å². The van der Waals surface area contributed by atoms with Gasteiger partial charge in [-0.05, 0) is 57.0 Å². The molecule has 2 amide bonds. The van der Waals surface area contributed by atoms with E-state index in [9.17, 15) is 9.59 Å². The Hall–Kier alpha value is -1.40. The second-order valence-electron chi connectivity index (χ2n) is 6.92. The molecule has 0 aromatic heterocycles. The van der Waals surface area contributed by atoms with Crippen molar-refractivity contribution in [2.75, 3.05) is 18.0 Å². The number of aryl methyl sites for hydroxylation is 1. The highest BCUT2D eigenvalue weighted by Crippen LogP contribution is 2.28. The maximum atomic E-state index is 12.5. The molecule has 0 saturated carbocycles. The van der Waals surface area contributed by atoms with E-state index in [4.69, 9.17) is 0 Å². The molecule has 2 heterocycles. The third kappa shape index (κ3) is 3.81. The smallest absolute Gasteiger partial charge is 0.227 e. The standard InChI is InChI=1S/C18H24BrN3O2/c1-11-7-15(3-4-16(11)19)22-10-13(9-17(22)23)18(24)21-14-5-6-20-12(2)8-14/h3-4,7,12-14,20H,5-6,8-10H2,1-2H3,(H,21,24). The summed E-state index contributed by atoms with van der Waals surface area (Å²) in [5, 5.41) is 6.52. The Morgan fingerprint density at radius 1 is 1.42 bits per heavy atom. The Bertz CT molecular complexity index is 649. The van der Waals surface area contributed by atoms with Crippen molar-refractivity contribution in [3.63, 3.8) is 0 Å². The summed E-state index contributed by atoms with van der Waals surface area (Å²) in [4.78, 5) is 26.6. The molecule has 24 heavy (non-hydrogen) atoms. The van der Waals surface area contributed by atoms with E-state index in [0.717, 1.165) is 35.1 Å². The summed E-state index contributed by atoms with van der Waals surface area (Å²) >= 11 is 3.48. The maximum absolute atomic E-state index is 12.5. The minimum Gasteiger partial charge on any atom is -0.353 e. The highest BCUT2D eigenvalue weighted by atomic mass is 79.9. The van der Waals surface area contributed by atoms with Crippen LogP contribution in [0.1, 0.15) is 31.7 Å². The van der Waals surface area contributed by atoms with Crippen LogP contribution in [0.4, 0.5) is 5.69 Å². The summed E-state index contributed by atoms with van der Waals surface area (Å²) < 4.78 is 1.02. The van der Waals surface area contributed by atoms with E-state index in [-0.39, 0.29) is 23.8 Å². The lowest BCUT2D eigenvalue weighted by Crippen LogP contribution is -2.48. The fourth-order valence-corrected chi connectivity index (χ4v) is 3.76. The van der Waals surface area contributed by atoms with E-state index >= 15 is 0 Å². The van der Waals surface area contributed by atoms with E-state index in [1.54, 1.807) is 4.90 Å². The zero-order valence-electron chi connectivity index (χ0n) is 14.1. The number of piperidine rings is 1. The molecule has 2 aliphatic heterocycles. The molecule has 2 aliphatic rings. The van der Waals surface area contributed by atoms with Crippen molar-refractivity contribution in [2.45, 2.75) is 45.2 Å². The van der Waals surface area contributed by atoms with Crippen LogP contribution in [0.2, 0.25) is 0 Å². The summed E-state index contributed by atoms with van der Waals surface area (Å²) in [5.74, 6) is -0.221. The lowest BCUT2D eigenvalue weighted by Gasteiger charge is -2.29. The van der Waals surface area contributed by atoms with Gasteiger partial charge in [-0.15, -0.1) is 0 Å². The normalized spacial score (nSPS) is 27.4. The zero-order valence-corrected chi connectivity index (χ0v) is 15.7. The molecule has 3 unspecified atom stereocenters. The fraction of sp³-hybridized carbons (Fsp3) is 0.556. The molecule has 3 rings (SSSR count). The molecule has 1 aromatic carbocycles. The molecule has 0 radical (unpaired) electrons. The predicted octanol–water partition coefficient (Wildman–Crippen LogP) is 2.37. The summed E-state index contributed by atoms with van der Waals surface area (Å²) in [6.07, 6.45) is 2.19. The van der Waals surface area contributed by atoms with Crippen LogP contribution in [0, 0.1) is 12.8 Å². The molecule has 1 aromatic rings. The van der Waals surface area contributed by atoms with E-state index < -0.39 is 0 Å². The van der Waals surface area contributed by atoms with Gasteiger partial charge in [-0.25, -0.2) is 0 Å². The highest BCUT2D eigenvalue weighted by molar-refractivity contribution is 9.10. The van der Waals surface area contributed by atoms with Gasteiger partial charge in [0.1, 0.15) is 0 Å². The molecule has 3 atom stereocenters. The third-order valence-corrected chi connectivity index (χ3v) is 5.81. The second-order valence-corrected chi connectivity index (χ2v) is 7.78. The van der Waals surface area contributed by atoms with Crippen LogP contribution in [-0.4, -0.2) is 37.0 Å². The van der Waals surface area contributed by atoms with Crippen molar-refractivity contribution in [2.24, 2.45) is 5.92 Å². The van der Waals surface area contributed by atoms with Crippen molar-refractivity contribution in [1.82, 2.24) is 10.6 Å². The molecule has 0 spiro atoms. The monoisotopic (exact) mass is 393 g/mol. The number of hydrogen-bond donors (Lipinski definition) is 2. The Balaban J connectivity index is 1.63. The molecule has 2 fully saturated rings. The van der Waals surface area contributed by atoms with Crippen LogP contribution in [0.25, 0.3) is 0 Å². The van der Waals surface area contributed by atoms with E-state index in [2.05, 4.69) is 33.5 Å². The quantitative estimate of drug-likeness (QED) is 0.828. The summed E-state index contributed by atoms with van der Waals surface area (Å²) in [6.45, 7) is 5.53. The van der Waals surface area contributed by atoms with Crippen molar-refractivity contribution in [3.05, 3.63) is 28.2 Å². The molecule has 2 N–H and O–H groups in total. The van der Waals surface area contributed by atoms with Crippen LogP contribution in [0.15, 0.2) is 22.7 Å². The topological polar surface area (TPSA) is 61.4 Å². The van der Waals surface area contributed by atoms with Gasteiger partial charge in [-0.2, -0.15) is 0 Å². The van der Waals surface area contributed by atoms with Gasteiger partial charge in [0.05, 0.1) is 5.92 Å². The number of anilines is 1. The van der Waals surface area contributed by atoms with Crippen LogP contribution in [-0.2, 0) is 9.59 Å². The molecule has 2 saturated heterocycles. The predicted molar refractivity (Wildman–Crippen MR) is 98.0 cm³/mol. The Morgan fingerprint density at radius 2 is 2.21 bits per heavy atom. The highest BCUT2D eigenvalue weighted by Gasteiger charge is 2.36. The average Bonchev–Trinajstić information content (AvgIpc) is 2.92. The molecular weight excluding hydrogens is 370 g/mol. The van der Waals surface area contributed by atoms with E-state index in [0.29, 0.717) is 19.0 Å². The number of amides is 2. The Morgan fingerprint density at radius 3 is 2.92 bits per heavy atom. The lowest BCUT2D eigenvalue weighted by atomic mass is 9.99. The summed E-state index contributed by atoms with van der Waals surface area (Å²) in [5.41, 5.74) is 1.95. The number of carbonyl (C=O) groups excluding carboxylic acids is 2. The minimum absolute atomic E-state index is 0.0128. The van der Waals surface area contributed by atoms with Gasteiger partial charge in [0.15, 0.2) is 0 Å². The van der Waals surface area contributed by atoms with Gasteiger partial charge in [-0.3, -0.25) is 9.59 Å². The van der Waals surface area contributed by atoms with Crippen molar-refractivity contribution >= 4 is 33.4 Å². The van der Waals surface area contributed by atoms with Crippen molar-refractivity contribution < 1.29 is 9.59 Å². The van der Waals surface area contributed by atoms with Crippen LogP contribution in [0.3, 0.4) is 0 Å². The molecule has 130 valence electrons. The summed E-state index contributed by atoms with van der Waals surface area (Å²) in [7, 11) is 0. The third-order valence-electron chi connectivity index (χ3n) is 4.92. The van der Waals surface area contributed by atoms with Gasteiger partial charge in [-0.1, -0.05) is 15.9 Å². The number of halogens is 1. The molecule has 5 nitrogen and oxygen atoms in total. The Labute approximate surface area is 151 Å². The molecular formula is C18H24BrN3O2. The average molecular weight is 394 g/mol. The van der Waals surface area contributed by atoms with Gasteiger partial charge in [0, 0.05) is 35.2 Å². The SMILES string of the molecule is Cc1cc(N2CC(C(=O)NC3CCNC(C)C3)CC2=O)ccc1Br. The molecule has 6 heteroatoms. The second kappa shape index (κ2) is 7.23. The first-order valence-corrected chi connectivity index (χ1v) is 9.33. The first-order valence-electron chi connectivity index (χ1n) is 8.54. The van der Waals surface area contributed by atoms with Crippen LogP contribution in [0.5, 0.6) is 0 Å². The van der Waals surface area contributed by atoms with Crippen molar-refractivity contribution in [3.8, 4) is 0 Å². The first kappa shape index (κ1) is 17.4. The maximum Gasteiger partial charge on any atom is 0.227 e. The molecule has 0 aliphatic carbocycles. The largest absolute Gasteiger partial charge is 0.353 e. The number of hydrogen-bond acceptors (Lipinski definition) is 3. The van der Waals surface area contributed by atoms with Crippen LogP contribution >= 0.6 is 15.9 Å². The zero-order chi connectivity index (χ0) is 17.3. The number of rotatable bonds is 3. The summed E-state index contributed by atoms with van der Waals surface area (Å²) in [6, 6.07) is 6.49. The number of carbonyl (C=O) groups is 2. The van der Waals surface area contributed by atoms with Gasteiger partial charge >= 0.3 is 0 Å².